The highest BCUT2D eigenvalue weighted by Crippen LogP contribution is 2.32. The van der Waals surface area contributed by atoms with Gasteiger partial charge in [0.25, 0.3) is 11.6 Å². The van der Waals surface area contributed by atoms with Crippen molar-refractivity contribution in [3.05, 3.63) is 64.0 Å². The second-order valence-corrected chi connectivity index (χ2v) is 8.72. The van der Waals surface area contributed by atoms with Crippen molar-refractivity contribution in [2.45, 2.75) is 26.2 Å². The molecule has 0 bridgehead atoms. The lowest BCUT2D eigenvalue weighted by atomic mass is 10.1. The van der Waals surface area contributed by atoms with Gasteiger partial charge in [0.15, 0.2) is 5.82 Å². The molecule has 5 rings (SSSR count). The molecule has 1 amide bonds. The van der Waals surface area contributed by atoms with E-state index in [0.717, 1.165) is 48.7 Å². The molecule has 0 atom stereocenters. The zero-order valence-electron chi connectivity index (χ0n) is 17.9. The number of amides is 1. The number of fused-ring (bicyclic) bond motifs is 1. The molecule has 1 aliphatic heterocycles. The van der Waals surface area contributed by atoms with Crippen molar-refractivity contribution < 1.29 is 9.72 Å². The summed E-state index contributed by atoms with van der Waals surface area (Å²) < 4.78 is 1.73. The maximum Gasteiger partial charge on any atom is 0.293 e. The molecule has 10 nitrogen and oxygen atoms in total. The van der Waals surface area contributed by atoms with Crippen molar-refractivity contribution in [1.82, 2.24) is 19.8 Å². The van der Waals surface area contributed by atoms with Crippen LogP contribution in [-0.4, -0.2) is 43.7 Å². The summed E-state index contributed by atoms with van der Waals surface area (Å²) in [4.78, 5) is 26.8. The molecule has 0 unspecified atom stereocenters. The molecule has 0 radical (unpaired) electrons. The topological polar surface area (TPSA) is 119 Å². The van der Waals surface area contributed by atoms with Crippen LogP contribution in [0.5, 0.6) is 0 Å². The zero-order chi connectivity index (χ0) is 22.9. The van der Waals surface area contributed by atoms with Gasteiger partial charge in [0, 0.05) is 42.4 Å². The fourth-order valence-electron chi connectivity index (χ4n) is 3.96. The first-order chi connectivity index (χ1) is 16.0. The predicted molar refractivity (Wildman–Crippen MR) is 126 cm³/mol. The van der Waals surface area contributed by atoms with Crippen LogP contribution in [0.25, 0.3) is 15.5 Å². The first-order valence-corrected chi connectivity index (χ1v) is 11.5. The summed E-state index contributed by atoms with van der Waals surface area (Å²) in [5, 5.41) is 28.1. The van der Waals surface area contributed by atoms with Crippen LogP contribution >= 0.6 is 11.3 Å². The molecule has 1 saturated heterocycles. The molecular weight excluding hydrogens is 442 g/mol. The third-order valence-corrected chi connectivity index (χ3v) is 6.57. The van der Waals surface area contributed by atoms with E-state index in [9.17, 15) is 14.9 Å². The monoisotopic (exact) mass is 463 g/mol. The van der Waals surface area contributed by atoms with E-state index in [1.807, 2.05) is 30.0 Å². The zero-order valence-corrected chi connectivity index (χ0v) is 18.7. The minimum atomic E-state index is -0.427. The molecule has 0 saturated carbocycles. The van der Waals surface area contributed by atoms with E-state index in [0.29, 0.717) is 16.3 Å². The number of aromatic nitrogens is 4. The Kier molecular flexibility index (Phi) is 5.47. The second kappa shape index (κ2) is 8.58. The largest absolute Gasteiger partial charge is 0.366 e. The average molecular weight is 464 g/mol. The summed E-state index contributed by atoms with van der Waals surface area (Å²) in [7, 11) is 0. The van der Waals surface area contributed by atoms with E-state index in [1.54, 1.807) is 22.7 Å². The van der Waals surface area contributed by atoms with Crippen LogP contribution in [0.3, 0.4) is 0 Å². The number of hydrogen-bond acceptors (Lipinski definition) is 8. The smallest absolute Gasteiger partial charge is 0.293 e. The SMILES string of the molecule is CCc1nnc2sc(-c3cccc(NC(=O)c4ccc(N5CCCC5)c([N+](=O)[O-])c4)c3)nn12. The number of benzene rings is 2. The van der Waals surface area contributed by atoms with E-state index < -0.39 is 10.8 Å². The summed E-state index contributed by atoms with van der Waals surface area (Å²) in [5.41, 5.74) is 2.16. The quantitative estimate of drug-likeness (QED) is 0.337. The van der Waals surface area contributed by atoms with Crippen molar-refractivity contribution in [1.29, 1.82) is 0 Å². The van der Waals surface area contributed by atoms with Crippen LogP contribution in [-0.2, 0) is 6.42 Å². The molecule has 2 aromatic carbocycles. The number of anilines is 2. The molecule has 2 aromatic heterocycles. The van der Waals surface area contributed by atoms with Crippen molar-refractivity contribution >= 4 is 39.3 Å². The van der Waals surface area contributed by atoms with Gasteiger partial charge < -0.3 is 10.2 Å². The summed E-state index contributed by atoms with van der Waals surface area (Å²) >= 11 is 1.42. The number of aryl methyl sites for hydroxylation is 1. The number of nitrogens with zero attached hydrogens (tertiary/aromatic N) is 6. The Hall–Kier alpha value is -3.86. The summed E-state index contributed by atoms with van der Waals surface area (Å²) in [6, 6.07) is 12.0. The lowest BCUT2D eigenvalue weighted by Gasteiger charge is -2.17. The summed E-state index contributed by atoms with van der Waals surface area (Å²) in [6.45, 7) is 3.57. The number of nitro groups is 1. The summed E-state index contributed by atoms with van der Waals surface area (Å²) in [5.74, 6) is 0.380. The highest BCUT2D eigenvalue weighted by Gasteiger charge is 2.24. The maximum absolute atomic E-state index is 12.9. The Labute approximate surface area is 193 Å². The van der Waals surface area contributed by atoms with Crippen molar-refractivity contribution in [3.63, 3.8) is 0 Å². The Morgan fingerprint density at radius 2 is 2.00 bits per heavy atom. The molecule has 11 heteroatoms. The van der Waals surface area contributed by atoms with Gasteiger partial charge in [-0.1, -0.05) is 30.4 Å². The van der Waals surface area contributed by atoms with Crippen LogP contribution in [0.4, 0.5) is 17.1 Å². The van der Waals surface area contributed by atoms with Crippen LogP contribution in [0.2, 0.25) is 0 Å². The molecule has 0 spiro atoms. The molecule has 1 fully saturated rings. The lowest BCUT2D eigenvalue weighted by Crippen LogP contribution is -2.19. The third-order valence-electron chi connectivity index (χ3n) is 5.62. The van der Waals surface area contributed by atoms with Gasteiger partial charge in [-0.05, 0) is 37.1 Å². The highest BCUT2D eigenvalue weighted by atomic mass is 32.1. The number of nitrogens with one attached hydrogen (secondary N) is 1. The minimum Gasteiger partial charge on any atom is -0.366 e. The fourth-order valence-corrected chi connectivity index (χ4v) is 4.82. The molecule has 3 heterocycles. The van der Waals surface area contributed by atoms with Crippen molar-refractivity contribution in [3.8, 4) is 10.6 Å². The Balaban J connectivity index is 1.39. The van der Waals surface area contributed by atoms with Gasteiger partial charge >= 0.3 is 0 Å². The van der Waals surface area contributed by atoms with E-state index in [-0.39, 0.29) is 11.3 Å². The van der Waals surface area contributed by atoms with Crippen LogP contribution in [0.15, 0.2) is 42.5 Å². The molecule has 33 heavy (non-hydrogen) atoms. The van der Waals surface area contributed by atoms with Gasteiger partial charge in [0.05, 0.1) is 4.92 Å². The first-order valence-electron chi connectivity index (χ1n) is 10.7. The molecule has 0 aliphatic carbocycles. The van der Waals surface area contributed by atoms with E-state index in [2.05, 4.69) is 20.6 Å². The molecular formula is C22H21N7O3S. The van der Waals surface area contributed by atoms with Gasteiger partial charge in [0.2, 0.25) is 4.96 Å². The van der Waals surface area contributed by atoms with Crippen LogP contribution in [0.1, 0.15) is 35.9 Å². The predicted octanol–water partition coefficient (Wildman–Crippen LogP) is 4.18. The molecule has 168 valence electrons. The second-order valence-electron chi connectivity index (χ2n) is 7.76. The van der Waals surface area contributed by atoms with Gasteiger partial charge in [-0.3, -0.25) is 14.9 Å². The Bertz CT molecular complexity index is 1360. The normalized spacial score (nSPS) is 13.5. The van der Waals surface area contributed by atoms with Crippen LogP contribution < -0.4 is 10.2 Å². The lowest BCUT2D eigenvalue weighted by molar-refractivity contribution is -0.384. The number of rotatable bonds is 6. The molecule has 4 aromatic rings. The fraction of sp³-hybridized carbons (Fsp3) is 0.273. The van der Waals surface area contributed by atoms with E-state index in [1.165, 1.54) is 17.4 Å². The van der Waals surface area contributed by atoms with Gasteiger partial charge in [0.1, 0.15) is 10.7 Å². The van der Waals surface area contributed by atoms with Crippen LogP contribution in [0, 0.1) is 10.1 Å². The average Bonchev–Trinajstić information content (AvgIpc) is 3.56. The van der Waals surface area contributed by atoms with Crippen molar-refractivity contribution in [2.75, 3.05) is 23.3 Å². The van der Waals surface area contributed by atoms with E-state index in [4.69, 9.17) is 0 Å². The number of carbonyl (C=O) groups is 1. The highest BCUT2D eigenvalue weighted by molar-refractivity contribution is 7.19. The number of hydrogen-bond donors (Lipinski definition) is 1. The van der Waals surface area contributed by atoms with Gasteiger partial charge in [-0.2, -0.15) is 9.61 Å². The Morgan fingerprint density at radius 1 is 1.18 bits per heavy atom. The standard InChI is InChI=1S/C22H21N7O3S/c1-2-19-24-25-22-28(19)26-21(33-22)15-6-5-7-16(12-15)23-20(30)14-8-9-17(18(13-14)29(31)32)27-10-3-4-11-27/h5-9,12-13H,2-4,10-11H2,1H3,(H,23,30). The number of carbonyl (C=O) groups excluding carboxylic acids is 1. The third kappa shape index (κ3) is 4.02. The maximum atomic E-state index is 12.9. The van der Waals surface area contributed by atoms with E-state index >= 15 is 0 Å². The summed E-state index contributed by atoms with van der Waals surface area (Å²) in [6.07, 6.45) is 2.75. The minimum absolute atomic E-state index is 0.0511. The van der Waals surface area contributed by atoms with Gasteiger partial charge in [-0.15, -0.1) is 10.2 Å². The first kappa shape index (κ1) is 21.0. The Morgan fingerprint density at radius 3 is 2.76 bits per heavy atom. The van der Waals surface area contributed by atoms with Crippen molar-refractivity contribution in [2.24, 2.45) is 0 Å². The number of nitro benzene ring substituents is 1. The molecule has 1 aliphatic rings. The van der Waals surface area contributed by atoms with Gasteiger partial charge in [-0.25, -0.2) is 0 Å². The molecule has 1 N–H and O–H groups in total.